The van der Waals surface area contributed by atoms with Crippen LogP contribution in [0.15, 0.2) is 38.7 Å². The Labute approximate surface area is 176 Å². The third kappa shape index (κ3) is 4.21. The van der Waals surface area contributed by atoms with E-state index >= 15 is 0 Å². The van der Waals surface area contributed by atoms with Crippen LogP contribution in [0.25, 0.3) is 6.08 Å². The van der Waals surface area contributed by atoms with E-state index in [4.69, 9.17) is 38.4 Å². The zero-order chi connectivity index (χ0) is 20.6. The molecule has 9 heteroatoms. The average molecular weight is 441 g/mol. The maximum Gasteiger partial charge on any atom is 0.315 e. The smallest absolute Gasteiger partial charge is 0.315 e. The van der Waals surface area contributed by atoms with Crippen LogP contribution in [0.2, 0.25) is 0 Å². The average Bonchev–Trinajstić information content (AvgIpc) is 2.97. The van der Waals surface area contributed by atoms with E-state index in [0.717, 1.165) is 11.8 Å². The molecule has 2 atom stereocenters. The number of benzene rings is 1. The van der Waals surface area contributed by atoms with Crippen LogP contribution in [0.4, 0.5) is 0 Å². The van der Waals surface area contributed by atoms with Gasteiger partial charge >= 0.3 is 5.97 Å². The number of carbonyl (C=O) groups excluding carboxylic acids is 2. The molecule has 0 bridgehead atoms. The number of aliphatic imine (C=N–C) groups is 1. The lowest BCUT2D eigenvalue weighted by molar-refractivity contribution is -0.136. The van der Waals surface area contributed by atoms with Gasteiger partial charge in [-0.25, -0.2) is 0 Å². The van der Waals surface area contributed by atoms with Gasteiger partial charge in [-0.1, -0.05) is 43.1 Å². The van der Waals surface area contributed by atoms with Crippen LogP contribution >= 0.6 is 35.0 Å². The molecule has 0 spiro atoms. The first-order valence-electron chi connectivity index (χ1n) is 8.34. The summed E-state index contributed by atoms with van der Waals surface area (Å²) in [4.78, 5) is 28.4. The molecule has 28 heavy (non-hydrogen) atoms. The van der Waals surface area contributed by atoms with Crippen LogP contribution < -0.4 is 15.2 Å². The van der Waals surface area contributed by atoms with Gasteiger partial charge < -0.3 is 15.2 Å². The molecule has 148 valence electrons. The highest BCUT2D eigenvalue weighted by atomic mass is 35.5. The highest BCUT2D eigenvalue weighted by molar-refractivity contribution is 8.18. The summed E-state index contributed by atoms with van der Waals surface area (Å²) in [5, 5.41) is 0.210. The second-order valence-corrected chi connectivity index (χ2v) is 9.05. The Morgan fingerprint density at radius 3 is 2.61 bits per heavy atom. The van der Waals surface area contributed by atoms with Crippen molar-refractivity contribution < 1.29 is 19.1 Å². The summed E-state index contributed by atoms with van der Waals surface area (Å²) in [6.07, 6.45) is 3.31. The van der Waals surface area contributed by atoms with E-state index in [1.54, 1.807) is 30.4 Å². The van der Waals surface area contributed by atoms with Crippen molar-refractivity contribution in [1.29, 1.82) is 0 Å². The number of hydrogen-bond donors (Lipinski definition) is 1. The summed E-state index contributed by atoms with van der Waals surface area (Å²) in [6, 6.07) is 5.00. The minimum atomic E-state index is -0.384. The van der Waals surface area contributed by atoms with Gasteiger partial charge in [-0.15, -0.1) is 0 Å². The van der Waals surface area contributed by atoms with E-state index in [-0.39, 0.29) is 38.8 Å². The lowest BCUT2D eigenvalue weighted by Crippen LogP contribution is -2.14. The van der Waals surface area contributed by atoms with Gasteiger partial charge in [0, 0.05) is 0 Å². The van der Waals surface area contributed by atoms with E-state index in [2.05, 4.69) is 4.99 Å². The van der Waals surface area contributed by atoms with Crippen molar-refractivity contribution in [2.24, 2.45) is 28.0 Å². The third-order valence-electron chi connectivity index (χ3n) is 4.80. The second kappa shape index (κ2) is 7.81. The predicted octanol–water partition coefficient (Wildman–Crippen LogP) is 4.12. The fourth-order valence-electron chi connectivity index (χ4n) is 3.18. The molecule has 2 aliphatic rings. The first-order valence-corrected chi connectivity index (χ1v) is 9.91. The fourth-order valence-corrected chi connectivity index (χ4v) is 4.13. The molecular formula is C19H18Cl2N2O4S. The minimum Gasteiger partial charge on any atom is -0.493 e. The van der Waals surface area contributed by atoms with Crippen LogP contribution in [0.1, 0.15) is 19.4 Å². The molecule has 0 unspecified atom stereocenters. The van der Waals surface area contributed by atoms with E-state index in [1.807, 2.05) is 13.8 Å². The Morgan fingerprint density at radius 1 is 1.32 bits per heavy atom. The Morgan fingerprint density at radius 2 is 2.04 bits per heavy atom. The predicted molar refractivity (Wildman–Crippen MR) is 111 cm³/mol. The monoisotopic (exact) mass is 440 g/mol. The molecule has 1 fully saturated rings. The largest absolute Gasteiger partial charge is 0.493 e. The zero-order valence-electron chi connectivity index (χ0n) is 15.4. The van der Waals surface area contributed by atoms with Gasteiger partial charge in [0.15, 0.2) is 16.7 Å². The van der Waals surface area contributed by atoms with Gasteiger partial charge in [-0.3, -0.25) is 9.59 Å². The molecule has 1 aromatic carbocycles. The van der Waals surface area contributed by atoms with Crippen LogP contribution in [-0.4, -0.2) is 24.2 Å². The first-order chi connectivity index (χ1) is 13.1. The van der Waals surface area contributed by atoms with E-state index in [9.17, 15) is 9.59 Å². The molecule has 1 amide bonds. The highest BCUT2D eigenvalue weighted by Crippen LogP contribution is 2.60. The van der Waals surface area contributed by atoms with Gasteiger partial charge in [0.25, 0.3) is 5.91 Å². The number of carbonyl (C=O) groups is 2. The molecule has 1 heterocycles. The minimum absolute atomic E-state index is 0.0872. The van der Waals surface area contributed by atoms with Gasteiger partial charge in [-0.05, 0) is 52.9 Å². The van der Waals surface area contributed by atoms with Crippen molar-refractivity contribution in [3.05, 3.63) is 39.2 Å². The van der Waals surface area contributed by atoms with Crippen molar-refractivity contribution in [2.45, 2.75) is 13.8 Å². The highest BCUT2D eigenvalue weighted by Gasteiger charge is 2.61. The number of amidine groups is 1. The summed E-state index contributed by atoms with van der Waals surface area (Å²) in [6.45, 7) is 3.90. The van der Waals surface area contributed by atoms with Crippen LogP contribution in [0, 0.1) is 17.3 Å². The van der Waals surface area contributed by atoms with Crippen molar-refractivity contribution in [2.75, 3.05) is 7.11 Å². The number of ether oxygens (including phenoxy) is 2. The van der Waals surface area contributed by atoms with Gasteiger partial charge in [0.1, 0.15) is 4.49 Å². The summed E-state index contributed by atoms with van der Waals surface area (Å²) in [7, 11) is 1.47. The number of thioether (sulfide) groups is 1. The van der Waals surface area contributed by atoms with Crippen LogP contribution in [-0.2, 0) is 9.59 Å². The summed E-state index contributed by atoms with van der Waals surface area (Å²) < 4.78 is 11.0. The SMILES string of the molecule is COc1cc(/C=C2\SC(N)=NC2=O)ccc1OC(=O)[C@@H]1[C@@H](C=C(Cl)Cl)C1(C)C. The van der Waals surface area contributed by atoms with Crippen molar-refractivity contribution in [3.8, 4) is 11.5 Å². The van der Waals surface area contributed by atoms with Gasteiger partial charge in [0.05, 0.1) is 17.9 Å². The number of nitrogens with two attached hydrogens (primary N) is 1. The molecule has 1 aromatic rings. The van der Waals surface area contributed by atoms with Crippen molar-refractivity contribution in [3.63, 3.8) is 0 Å². The van der Waals surface area contributed by atoms with E-state index in [0.29, 0.717) is 22.0 Å². The lowest BCUT2D eigenvalue weighted by Gasteiger charge is -2.10. The Kier molecular flexibility index (Phi) is 5.79. The van der Waals surface area contributed by atoms with Gasteiger partial charge in [0.2, 0.25) is 0 Å². The third-order valence-corrected chi connectivity index (χ3v) is 5.87. The fraction of sp³-hybridized carbons (Fsp3) is 0.316. The molecule has 0 saturated heterocycles. The topological polar surface area (TPSA) is 91.0 Å². The molecule has 1 saturated carbocycles. The number of esters is 1. The summed E-state index contributed by atoms with van der Waals surface area (Å²) >= 11 is 12.6. The number of methoxy groups -OCH3 is 1. The molecule has 3 rings (SSSR count). The maximum atomic E-state index is 12.6. The normalized spacial score (nSPS) is 24.0. The molecule has 0 aromatic heterocycles. The Bertz CT molecular complexity index is 936. The number of halogens is 2. The Hall–Kier alpha value is -1.96. The number of rotatable bonds is 5. The van der Waals surface area contributed by atoms with E-state index in [1.165, 1.54) is 7.11 Å². The Balaban J connectivity index is 1.77. The zero-order valence-corrected chi connectivity index (χ0v) is 17.7. The molecule has 6 nitrogen and oxygen atoms in total. The van der Waals surface area contributed by atoms with Gasteiger partial charge in [-0.2, -0.15) is 4.99 Å². The van der Waals surface area contributed by atoms with Crippen LogP contribution in [0.3, 0.4) is 0 Å². The molecule has 0 radical (unpaired) electrons. The molecule has 1 aliphatic carbocycles. The van der Waals surface area contributed by atoms with E-state index < -0.39 is 0 Å². The molecule has 1 aliphatic heterocycles. The quantitative estimate of drug-likeness (QED) is 0.420. The number of nitrogens with zero attached hydrogens (tertiary/aromatic N) is 1. The summed E-state index contributed by atoms with van der Waals surface area (Å²) in [5.74, 6) is -0.543. The van der Waals surface area contributed by atoms with Crippen molar-refractivity contribution >= 4 is 58.1 Å². The van der Waals surface area contributed by atoms with Crippen LogP contribution in [0.5, 0.6) is 11.5 Å². The summed E-state index contributed by atoms with van der Waals surface area (Å²) in [5.41, 5.74) is 5.96. The number of allylic oxidation sites excluding steroid dienone is 1. The standard InChI is InChI=1S/C19H18Cl2N2O4S/c1-19(2)10(8-14(20)21)15(19)17(25)27-11-5-4-9(6-12(11)26-3)7-13-16(24)23-18(22)28-13/h4-8,10,15H,1-3H3,(H2,22,23,24)/b13-7-/t10-,15+/m1/s1. The van der Waals surface area contributed by atoms with Crippen molar-refractivity contribution in [1.82, 2.24) is 0 Å². The first kappa shape index (κ1) is 20.8. The molecule has 2 N–H and O–H groups in total. The maximum absolute atomic E-state index is 12.6. The second-order valence-electron chi connectivity index (χ2n) is 6.98. The molecular weight excluding hydrogens is 423 g/mol. The number of amides is 1. The number of hydrogen-bond acceptors (Lipinski definition) is 6. The lowest BCUT2D eigenvalue weighted by atomic mass is 10.1.